The van der Waals surface area contributed by atoms with Crippen molar-refractivity contribution in [2.75, 3.05) is 23.4 Å². The van der Waals surface area contributed by atoms with Gasteiger partial charge in [0.05, 0.1) is 0 Å². The molecule has 2 N–H and O–H groups in total. The quantitative estimate of drug-likeness (QED) is 0.915. The average Bonchev–Trinajstić information content (AvgIpc) is 2.79. The number of anilines is 2. The van der Waals surface area contributed by atoms with Crippen LogP contribution in [0.25, 0.3) is 0 Å². The van der Waals surface area contributed by atoms with Gasteiger partial charge in [-0.3, -0.25) is 0 Å². The van der Waals surface area contributed by atoms with Crippen LogP contribution in [0, 0.1) is 0 Å². The van der Waals surface area contributed by atoms with Crippen molar-refractivity contribution in [3.8, 4) is 0 Å². The summed E-state index contributed by atoms with van der Waals surface area (Å²) < 4.78 is 27.7. The van der Waals surface area contributed by atoms with E-state index < -0.39 is 9.84 Å². The average molecular weight is 311 g/mol. The Morgan fingerprint density at radius 1 is 1.30 bits per heavy atom. The molecule has 0 aliphatic heterocycles. The van der Waals surface area contributed by atoms with E-state index in [1.54, 1.807) is 0 Å². The van der Waals surface area contributed by atoms with E-state index in [1.807, 2.05) is 42.2 Å². The first kappa shape index (κ1) is 14.8. The summed E-state index contributed by atoms with van der Waals surface area (Å²) in [6.45, 7) is 3.28. The molecular formula is C13H17N3O2S2. The van der Waals surface area contributed by atoms with Crippen LogP contribution in [0.3, 0.4) is 0 Å². The summed E-state index contributed by atoms with van der Waals surface area (Å²) in [7, 11) is -3.39. The molecule has 0 saturated carbocycles. The van der Waals surface area contributed by atoms with Crippen LogP contribution < -0.4 is 10.6 Å². The highest BCUT2D eigenvalue weighted by Crippen LogP contribution is 2.35. The Kier molecular flexibility index (Phi) is 4.29. The minimum Gasteiger partial charge on any atom is -0.382 e. The Morgan fingerprint density at radius 2 is 1.95 bits per heavy atom. The maximum atomic E-state index is 11.9. The van der Waals surface area contributed by atoms with Crippen LogP contribution in [-0.4, -0.2) is 25.6 Å². The highest BCUT2D eigenvalue weighted by Gasteiger charge is 2.24. The zero-order valence-corrected chi connectivity index (χ0v) is 13.0. The van der Waals surface area contributed by atoms with Crippen molar-refractivity contribution < 1.29 is 8.42 Å². The van der Waals surface area contributed by atoms with Crippen molar-refractivity contribution in [3.63, 3.8) is 0 Å². The Morgan fingerprint density at radius 3 is 2.50 bits per heavy atom. The highest BCUT2D eigenvalue weighted by atomic mass is 32.2. The minimum absolute atomic E-state index is 0.0824. The number of hydrogen-bond acceptors (Lipinski definition) is 6. The third-order valence-electron chi connectivity index (χ3n) is 2.91. The van der Waals surface area contributed by atoms with Crippen molar-refractivity contribution in [2.45, 2.75) is 18.4 Å². The second kappa shape index (κ2) is 5.80. The lowest BCUT2D eigenvalue weighted by Crippen LogP contribution is -2.22. The van der Waals surface area contributed by atoms with Gasteiger partial charge in [-0.15, -0.1) is 0 Å². The number of rotatable bonds is 5. The van der Waals surface area contributed by atoms with Gasteiger partial charge in [-0.2, -0.15) is 4.37 Å². The van der Waals surface area contributed by atoms with E-state index in [2.05, 4.69) is 4.37 Å². The standard InChI is InChI=1S/C13H17N3O2S2/c1-3-16(9-10-7-5-4-6-8-10)13-11(20(2,17)18)12(14)15-19-13/h4-8H,3,9H2,1-2H3,(H2,14,15). The van der Waals surface area contributed by atoms with Crippen LogP contribution in [0.15, 0.2) is 35.2 Å². The van der Waals surface area contributed by atoms with E-state index in [9.17, 15) is 8.42 Å². The van der Waals surface area contributed by atoms with Gasteiger partial charge in [0.1, 0.15) is 9.90 Å². The maximum Gasteiger partial charge on any atom is 0.182 e. The van der Waals surface area contributed by atoms with E-state index in [-0.39, 0.29) is 10.7 Å². The topological polar surface area (TPSA) is 76.3 Å². The monoisotopic (exact) mass is 311 g/mol. The van der Waals surface area contributed by atoms with Gasteiger partial charge >= 0.3 is 0 Å². The third-order valence-corrected chi connectivity index (χ3v) is 5.11. The molecule has 0 radical (unpaired) electrons. The molecule has 0 saturated heterocycles. The van der Waals surface area contributed by atoms with E-state index in [0.717, 1.165) is 23.4 Å². The zero-order valence-electron chi connectivity index (χ0n) is 11.4. The molecule has 5 nitrogen and oxygen atoms in total. The van der Waals surface area contributed by atoms with Gasteiger partial charge in [-0.1, -0.05) is 30.3 Å². The largest absolute Gasteiger partial charge is 0.382 e. The molecule has 0 atom stereocenters. The molecule has 1 heterocycles. The second-order valence-corrected chi connectivity index (χ2v) is 7.18. The summed E-state index contributed by atoms with van der Waals surface area (Å²) in [5.41, 5.74) is 6.82. The molecule has 108 valence electrons. The Bertz CT molecular complexity index is 681. The van der Waals surface area contributed by atoms with Gasteiger partial charge in [0, 0.05) is 19.3 Å². The number of nitrogens with zero attached hydrogens (tertiary/aromatic N) is 2. The molecule has 0 bridgehead atoms. The smallest absolute Gasteiger partial charge is 0.182 e. The Hall–Kier alpha value is -1.60. The molecule has 0 aliphatic carbocycles. The van der Waals surface area contributed by atoms with Crippen molar-refractivity contribution >= 4 is 32.2 Å². The van der Waals surface area contributed by atoms with Gasteiger partial charge in [0.15, 0.2) is 15.7 Å². The number of aromatic nitrogens is 1. The molecule has 0 fully saturated rings. The van der Waals surface area contributed by atoms with Crippen molar-refractivity contribution in [3.05, 3.63) is 35.9 Å². The summed E-state index contributed by atoms with van der Waals surface area (Å²) in [6, 6.07) is 9.89. The molecule has 0 unspecified atom stereocenters. The van der Waals surface area contributed by atoms with Crippen LogP contribution in [0.2, 0.25) is 0 Å². The van der Waals surface area contributed by atoms with Crippen LogP contribution in [0.5, 0.6) is 0 Å². The zero-order chi connectivity index (χ0) is 14.8. The second-order valence-electron chi connectivity index (χ2n) is 4.47. The van der Waals surface area contributed by atoms with E-state index >= 15 is 0 Å². The van der Waals surface area contributed by atoms with Crippen molar-refractivity contribution in [1.82, 2.24) is 4.37 Å². The third kappa shape index (κ3) is 3.10. The van der Waals surface area contributed by atoms with Crippen molar-refractivity contribution in [1.29, 1.82) is 0 Å². The molecule has 20 heavy (non-hydrogen) atoms. The van der Waals surface area contributed by atoms with Crippen LogP contribution in [-0.2, 0) is 16.4 Å². The predicted molar refractivity (Wildman–Crippen MR) is 82.8 cm³/mol. The highest BCUT2D eigenvalue weighted by molar-refractivity contribution is 7.91. The normalized spacial score (nSPS) is 11.5. The molecule has 1 aromatic heterocycles. The van der Waals surface area contributed by atoms with Gasteiger partial charge in [0.25, 0.3) is 0 Å². The summed E-state index contributed by atoms with van der Waals surface area (Å²) in [5.74, 6) is 0.0824. The number of sulfone groups is 1. The van der Waals surface area contributed by atoms with E-state index in [4.69, 9.17) is 5.73 Å². The van der Waals surface area contributed by atoms with Crippen molar-refractivity contribution in [2.24, 2.45) is 0 Å². The van der Waals surface area contributed by atoms with E-state index in [1.165, 1.54) is 0 Å². The molecule has 2 rings (SSSR count). The fraction of sp³-hybridized carbons (Fsp3) is 0.308. The van der Waals surface area contributed by atoms with Crippen LogP contribution >= 0.6 is 11.5 Å². The summed E-state index contributed by atoms with van der Waals surface area (Å²) in [5, 5.41) is 0.608. The SMILES string of the molecule is CCN(Cc1ccccc1)c1snc(N)c1S(C)(=O)=O. The molecule has 0 spiro atoms. The Balaban J connectivity index is 2.39. The molecular weight excluding hydrogens is 294 g/mol. The van der Waals surface area contributed by atoms with Gasteiger partial charge in [0.2, 0.25) is 0 Å². The molecule has 0 amide bonds. The van der Waals surface area contributed by atoms with E-state index in [0.29, 0.717) is 18.1 Å². The lowest BCUT2D eigenvalue weighted by atomic mass is 10.2. The lowest BCUT2D eigenvalue weighted by molar-refractivity contribution is 0.602. The first-order valence-corrected chi connectivity index (χ1v) is 8.84. The fourth-order valence-electron chi connectivity index (χ4n) is 1.97. The summed E-state index contributed by atoms with van der Waals surface area (Å²) in [4.78, 5) is 2.11. The number of nitrogens with two attached hydrogens (primary N) is 1. The molecule has 0 aliphatic rings. The molecule has 7 heteroatoms. The fourth-order valence-corrected chi connectivity index (χ4v) is 4.23. The molecule has 2 aromatic rings. The van der Waals surface area contributed by atoms with Gasteiger partial charge in [-0.25, -0.2) is 8.42 Å². The number of nitrogen functional groups attached to an aromatic ring is 1. The maximum absolute atomic E-state index is 11.9. The number of benzene rings is 1. The first-order chi connectivity index (χ1) is 9.43. The van der Waals surface area contributed by atoms with Crippen LogP contribution in [0.4, 0.5) is 10.8 Å². The number of hydrogen-bond donors (Lipinski definition) is 1. The van der Waals surface area contributed by atoms with Gasteiger partial charge < -0.3 is 10.6 Å². The first-order valence-electron chi connectivity index (χ1n) is 6.17. The predicted octanol–water partition coefficient (Wildman–Crippen LogP) is 2.16. The van der Waals surface area contributed by atoms with Crippen LogP contribution in [0.1, 0.15) is 12.5 Å². The summed E-state index contributed by atoms with van der Waals surface area (Å²) in [6.07, 6.45) is 1.16. The Labute approximate surface area is 123 Å². The lowest BCUT2D eigenvalue weighted by Gasteiger charge is -2.22. The summed E-state index contributed by atoms with van der Waals surface area (Å²) >= 11 is 1.13. The minimum atomic E-state index is -3.39. The van der Waals surface area contributed by atoms with Gasteiger partial charge in [-0.05, 0) is 24.0 Å². The molecule has 1 aromatic carbocycles.